The number of carbonyl (C=O) groups excluding carboxylic acids is 1. The molecule has 1 heterocycles. The molecule has 22 heavy (non-hydrogen) atoms. The standard InChI is InChI=1S/C15H18F3NO3/c16-12-4-1-2-5-13(12)22-7-3-6-14(21)19-10-15(17,18)8-11(19)9-20/h1-2,4-5,11,20H,3,6-10H2. The Labute approximate surface area is 126 Å². The molecule has 1 atom stereocenters. The summed E-state index contributed by atoms with van der Waals surface area (Å²) in [5, 5.41) is 9.07. The number of rotatable bonds is 6. The number of likely N-dealkylation sites (tertiary alicyclic amines) is 1. The molecule has 122 valence electrons. The lowest BCUT2D eigenvalue weighted by atomic mass is 10.2. The largest absolute Gasteiger partial charge is 0.491 e. The maximum absolute atomic E-state index is 13.3. The Morgan fingerprint density at radius 1 is 1.41 bits per heavy atom. The van der Waals surface area contributed by atoms with Crippen LogP contribution in [0.1, 0.15) is 19.3 Å². The molecule has 1 saturated heterocycles. The van der Waals surface area contributed by atoms with Gasteiger partial charge in [0.05, 0.1) is 25.8 Å². The van der Waals surface area contributed by atoms with Crippen LogP contribution >= 0.6 is 0 Å². The molecular weight excluding hydrogens is 299 g/mol. The molecule has 0 spiro atoms. The maximum atomic E-state index is 13.3. The normalized spacial score (nSPS) is 20.2. The number of para-hydroxylation sites is 1. The van der Waals surface area contributed by atoms with Crippen LogP contribution in [0.5, 0.6) is 5.75 Å². The number of halogens is 3. The number of nitrogens with zero attached hydrogens (tertiary/aromatic N) is 1. The first-order chi connectivity index (χ1) is 10.4. The molecule has 1 aliphatic heterocycles. The molecule has 7 heteroatoms. The Hall–Kier alpha value is -1.76. The van der Waals surface area contributed by atoms with Crippen LogP contribution in [0.15, 0.2) is 24.3 Å². The fourth-order valence-electron chi connectivity index (χ4n) is 2.46. The van der Waals surface area contributed by atoms with Gasteiger partial charge in [-0.15, -0.1) is 0 Å². The van der Waals surface area contributed by atoms with Gasteiger partial charge in [-0.2, -0.15) is 0 Å². The SMILES string of the molecule is O=C(CCCOc1ccccc1F)N1CC(F)(F)CC1CO. The molecule has 1 fully saturated rings. The van der Waals surface area contributed by atoms with E-state index in [0.717, 1.165) is 4.90 Å². The number of benzene rings is 1. The molecule has 1 aromatic rings. The van der Waals surface area contributed by atoms with Crippen LogP contribution < -0.4 is 4.74 Å². The van der Waals surface area contributed by atoms with Crippen LogP contribution in [-0.4, -0.2) is 47.6 Å². The highest BCUT2D eigenvalue weighted by atomic mass is 19.3. The molecule has 2 rings (SSSR count). The molecule has 0 aromatic heterocycles. The van der Waals surface area contributed by atoms with Crippen molar-refractivity contribution in [3.63, 3.8) is 0 Å². The average molecular weight is 317 g/mol. The first-order valence-corrected chi connectivity index (χ1v) is 7.08. The van der Waals surface area contributed by atoms with E-state index in [1.54, 1.807) is 6.07 Å². The topological polar surface area (TPSA) is 49.8 Å². The van der Waals surface area contributed by atoms with Crippen LogP contribution in [0.2, 0.25) is 0 Å². The van der Waals surface area contributed by atoms with Gasteiger partial charge < -0.3 is 14.7 Å². The predicted molar refractivity (Wildman–Crippen MR) is 73.3 cm³/mol. The fraction of sp³-hybridized carbons (Fsp3) is 0.533. The van der Waals surface area contributed by atoms with Crippen molar-refractivity contribution in [2.75, 3.05) is 19.8 Å². The van der Waals surface area contributed by atoms with E-state index < -0.39 is 43.3 Å². The van der Waals surface area contributed by atoms with Gasteiger partial charge in [-0.1, -0.05) is 12.1 Å². The van der Waals surface area contributed by atoms with E-state index in [1.807, 2.05) is 0 Å². The Balaban J connectivity index is 1.77. The van der Waals surface area contributed by atoms with E-state index in [4.69, 9.17) is 9.84 Å². The summed E-state index contributed by atoms with van der Waals surface area (Å²) in [6, 6.07) is 5.06. The van der Waals surface area contributed by atoms with Crippen molar-refractivity contribution in [2.24, 2.45) is 0 Å². The highest BCUT2D eigenvalue weighted by molar-refractivity contribution is 5.77. The van der Waals surface area contributed by atoms with Crippen molar-refractivity contribution in [1.82, 2.24) is 4.90 Å². The third kappa shape index (κ3) is 4.13. The summed E-state index contributed by atoms with van der Waals surface area (Å²) in [4.78, 5) is 12.9. The van der Waals surface area contributed by atoms with Crippen molar-refractivity contribution >= 4 is 5.91 Å². The van der Waals surface area contributed by atoms with E-state index in [0.29, 0.717) is 0 Å². The Morgan fingerprint density at radius 2 is 2.14 bits per heavy atom. The minimum absolute atomic E-state index is 0.0149. The van der Waals surface area contributed by atoms with Crippen LogP contribution in [-0.2, 0) is 4.79 Å². The lowest BCUT2D eigenvalue weighted by Gasteiger charge is -2.22. The maximum Gasteiger partial charge on any atom is 0.267 e. The predicted octanol–water partition coefficient (Wildman–Crippen LogP) is 2.21. The number of amides is 1. The summed E-state index contributed by atoms with van der Waals surface area (Å²) in [7, 11) is 0. The van der Waals surface area contributed by atoms with E-state index >= 15 is 0 Å². The van der Waals surface area contributed by atoms with Crippen molar-refractivity contribution in [1.29, 1.82) is 0 Å². The average Bonchev–Trinajstić information content (AvgIpc) is 2.80. The summed E-state index contributed by atoms with van der Waals surface area (Å²) in [6.07, 6.45) is -0.213. The van der Waals surface area contributed by atoms with Gasteiger partial charge in [0, 0.05) is 12.8 Å². The number of carbonyl (C=O) groups is 1. The smallest absolute Gasteiger partial charge is 0.267 e. The molecule has 0 bridgehead atoms. The lowest BCUT2D eigenvalue weighted by Crippen LogP contribution is -2.38. The molecular formula is C15H18F3NO3. The van der Waals surface area contributed by atoms with Gasteiger partial charge in [-0.05, 0) is 18.6 Å². The number of ether oxygens (including phenoxy) is 1. The van der Waals surface area contributed by atoms with Crippen molar-refractivity contribution in [3.05, 3.63) is 30.1 Å². The minimum Gasteiger partial charge on any atom is -0.491 e. The van der Waals surface area contributed by atoms with Crippen molar-refractivity contribution < 1.29 is 27.8 Å². The Kier molecular flexibility index (Phi) is 5.28. The number of hydrogen-bond acceptors (Lipinski definition) is 3. The summed E-state index contributed by atoms with van der Waals surface area (Å²) in [6.45, 7) is -1.03. The van der Waals surface area contributed by atoms with E-state index in [2.05, 4.69) is 0 Å². The molecule has 0 radical (unpaired) electrons. The Bertz CT molecular complexity index is 525. The van der Waals surface area contributed by atoms with E-state index in [1.165, 1.54) is 18.2 Å². The van der Waals surface area contributed by atoms with Gasteiger partial charge in [-0.3, -0.25) is 4.79 Å². The zero-order valence-corrected chi connectivity index (χ0v) is 12.0. The minimum atomic E-state index is -2.95. The quantitative estimate of drug-likeness (QED) is 0.819. The van der Waals surface area contributed by atoms with Crippen LogP contribution in [0.4, 0.5) is 13.2 Å². The molecule has 1 N–H and O–H groups in total. The third-order valence-electron chi connectivity index (χ3n) is 3.54. The van der Waals surface area contributed by atoms with Gasteiger partial charge in [0.25, 0.3) is 5.92 Å². The monoisotopic (exact) mass is 317 g/mol. The second-order valence-corrected chi connectivity index (χ2v) is 5.30. The van der Waals surface area contributed by atoms with Gasteiger partial charge in [0.15, 0.2) is 11.6 Å². The number of aliphatic hydroxyl groups is 1. The Morgan fingerprint density at radius 3 is 2.82 bits per heavy atom. The first kappa shape index (κ1) is 16.6. The first-order valence-electron chi connectivity index (χ1n) is 7.08. The second-order valence-electron chi connectivity index (χ2n) is 5.30. The molecule has 1 aromatic carbocycles. The summed E-state index contributed by atoms with van der Waals surface area (Å²) in [5.41, 5.74) is 0. The molecule has 1 aliphatic rings. The highest BCUT2D eigenvalue weighted by Crippen LogP contribution is 2.32. The summed E-state index contributed by atoms with van der Waals surface area (Å²) in [5.74, 6) is -3.80. The van der Waals surface area contributed by atoms with Crippen molar-refractivity contribution in [3.8, 4) is 5.75 Å². The molecule has 0 saturated carbocycles. The number of hydrogen-bond donors (Lipinski definition) is 1. The van der Waals surface area contributed by atoms with Crippen LogP contribution in [0, 0.1) is 5.82 Å². The lowest BCUT2D eigenvalue weighted by molar-refractivity contribution is -0.134. The molecule has 1 amide bonds. The summed E-state index contributed by atoms with van der Waals surface area (Å²) >= 11 is 0. The van der Waals surface area contributed by atoms with E-state index in [-0.39, 0.29) is 25.2 Å². The van der Waals surface area contributed by atoms with Crippen LogP contribution in [0.25, 0.3) is 0 Å². The zero-order chi connectivity index (χ0) is 16.2. The molecule has 1 unspecified atom stereocenters. The van der Waals surface area contributed by atoms with Gasteiger partial charge in [-0.25, -0.2) is 13.2 Å². The third-order valence-corrected chi connectivity index (χ3v) is 3.54. The van der Waals surface area contributed by atoms with E-state index in [9.17, 15) is 18.0 Å². The molecule has 0 aliphatic carbocycles. The van der Waals surface area contributed by atoms with Crippen LogP contribution in [0.3, 0.4) is 0 Å². The number of aliphatic hydroxyl groups excluding tert-OH is 1. The molecule has 4 nitrogen and oxygen atoms in total. The zero-order valence-electron chi connectivity index (χ0n) is 12.0. The van der Waals surface area contributed by atoms with Gasteiger partial charge in [0.1, 0.15) is 0 Å². The van der Waals surface area contributed by atoms with Gasteiger partial charge in [0.2, 0.25) is 5.91 Å². The fourth-order valence-corrected chi connectivity index (χ4v) is 2.46. The number of alkyl halides is 2. The second kappa shape index (κ2) is 7.00. The van der Waals surface area contributed by atoms with Crippen molar-refractivity contribution in [2.45, 2.75) is 31.2 Å². The van der Waals surface area contributed by atoms with Gasteiger partial charge >= 0.3 is 0 Å². The highest BCUT2D eigenvalue weighted by Gasteiger charge is 2.46. The summed E-state index contributed by atoms with van der Waals surface area (Å²) < 4.78 is 45.0.